The zero-order valence-electron chi connectivity index (χ0n) is 11.4. The number of nitrogens with zero attached hydrogens (tertiary/aromatic N) is 1. The smallest absolute Gasteiger partial charge is 0.249 e. The monoisotopic (exact) mass is 302 g/mol. The number of carbonyl (C=O) groups excluding carboxylic acids is 1. The number of hydrogen-bond acceptors (Lipinski definition) is 4. The highest BCUT2D eigenvalue weighted by Crippen LogP contribution is 2.11. The van der Waals surface area contributed by atoms with E-state index in [0.717, 1.165) is 11.8 Å². The number of anilines is 1. The van der Waals surface area contributed by atoms with Gasteiger partial charge in [-0.1, -0.05) is 18.2 Å². The Kier molecular flexibility index (Phi) is 4.49. The second-order valence-electron chi connectivity index (χ2n) is 4.38. The first-order valence-electron chi connectivity index (χ1n) is 6.15. The molecular weight excluding hydrogens is 288 g/mol. The van der Waals surface area contributed by atoms with E-state index in [-0.39, 0.29) is 10.8 Å². The van der Waals surface area contributed by atoms with Crippen LogP contribution in [0.15, 0.2) is 59.6 Å². The highest BCUT2D eigenvalue weighted by Gasteiger charge is 2.05. The number of sulfone groups is 1. The minimum Gasteiger partial charge on any atom is -0.307 e. The van der Waals surface area contributed by atoms with Crippen LogP contribution >= 0.6 is 0 Å². The molecule has 0 saturated heterocycles. The minimum atomic E-state index is -3.20. The van der Waals surface area contributed by atoms with Crippen molar-refractivity contribution in [1.82, 2.24) is 4.98 Å². The Morgan fingerprint density at radius 3 is 2.43 bits per heavy atom. The summed E-state index contributed by atoms with van der Waals surface area (Å²) < 4.78 is 22.6. The molecule has 1 N–H and O–H groups in total. The molecule has 1 amide bonds. The molecular formula is C15H14N2O3S. The molecule has 0 spiro atoms. The number of aromatic nitrogens is 1. The summed E-state index contributed by atoms with van der Waals surface area (Å²) in [5.74, 6) is 0.167. The molecule has 0 unspecified atom stereocenters. The van der Waals surface area contributed by atoms with E-state index < -0.39 is 9.84 Å². The second-order valence-corrected chi connectivity index (χ2v) is 6.39. The first kappa shape index (κ1) is 14.9. The van der Waals surface area contributed by atoms with E-state index in [1.54, 1.807) is 42.6 Å². The molecule has 2 rings (SSSR count). The van der Waals surface area contributed by atoms with Gasteiger partial charge in [-0.15, -0.1) is 0 Å². The van der Waals surface area contributed by atoms with Crippen molar-refractivity contribution < 1.29 is 13.2 Å². The van der Waals surface area contributed by atoms with Crippen molar-refractivity contribution in [3.8, 4) is 0 Å². The molecule has 1 aromatic heterocycles. The fourth-order valence-corrected chi connectivity index (χ4v) is 2.23. The van der Waals surface area contributed by atoms with Crippen LogP contribution in [0.2, 0.25) is 0 Å². The Bertz CT molecular complexity index is 751. The lowest BCUT2D eigenvalue weighted by Crippen LogP contribution is -2.08. The van der Waals surface area contributed by atoms with Crippen LogP contribution in [-0.4, -0.2) is 25.6 Å². The van der Waals surface area contributed by atoms with Gasteiger partial charge in [0.05, 0.1) is 4.90 Å². The third-order valence-electron chi connectivity index (χ3n) is 2.65. The molecule has 21 heavy (non-hydrogen) atoms. The van der Waals surface area contributed by atoms with Crippen molar-refractivity contribution >= 4 is 27.6 Å². The van der Waals surface area contributed by atoms with Gasteiger partial charge < -0.3 is 5.32 Å². The molecule has 5 nitrogen and oxygen atoms in total. The van der Waals surface area contributed by atoms with Gasteiger partial charge in [0.2, 0.25) is 5.91 Å². The molecule has 0 radical (unpaired) electrons. The van der Waals surface area contributed by atoms with E-state index in [0.29, 0.717) is 5.82 Å². The summed E-state index contributed by atoms with van der Waals surface area (Å²) in [6, 6.07) is 11.5. The molecule has 0 fully saturated rings. The van der Waals surface area contributed by atoms with Crippen molar-refractivity contribution in [2.75, 3.05) is 11.6 Å². The third kappa shape index (κ3) is 4.54. The molecule has 108 valence electrons. The van der Waals surface area contributed by atoms with E-state index in [1.165, 1.54) is 18.2 Å². The van der Waals surface area contributed by atoms with Crippen molar-refractivity contribution in [3.05, 3.63) is 60.3 Å². The van der Waals surface area contributed by atoms with Crippen LogP contribution in [0.1, 0.15) is 5.56 Å². The van der Waals surface area contributed by atoms with Gasteiger partial charge in [-0.3, -0.25) is 4.79 Å². The Labute approximate surface area is 123 Å². The molecule has 0 aliphatic heterocycles. The quantitative estimate of drug-likeness (QED) is 0.878. The predicted octanol–water partition coefficient (Wildman–Crippen LogP) is 2.14. The molecule has 6 heteroatoms. The predicted molar refractivity (Wildman–Crippen MR) is 81.5 cm³/mol. The van der Waals surface area contributed by atoms with Gasteiger partial charge in [-0.2, -0.15) is 0 Å². The number of carbonyl (C=O) groups is 1. The van der Waals surface area contributed by atoms with Gasteiger partial charge in [-0.25, -0.2) is 13.4 Å². The summed E-state index contributed by atoms with van der Waals surface area (Å²) in [5.41, 5.74) is 0.735. The van der Waals surface area contributed by atoms with Crippen LogP contribution < -0.4 is 5.32 Å². The van der Waals surface area contributed by atoms with Crippen LogP contribution in [0.5, 0.6) is 0 Å². The van der Waals surface area contributed by atoms with Crippen LogP contribution in [-0.2, 0) is 14.6 Å². The summed E-state index contributed by atoms with van der Waals surface area (Å²) >= 11 is 0. The molecule has 2 aromatic rings. The summed E-state index contributed by atoms with van der Waals surface area (Å²) in [5, 5.41) is 2.62. The fourth-order valence-electron chi connectivity index (χ4n) is 1.60. The lowest BCUT2D eigenvalue weighted by Gasteiger charge is -2.00. The topological polar surface area (TPSA) is 76.1 Å². The number of hydrogen-bond donors (Lipinski definition) is 1. The van der Waals surface area contributed by atoms with Crippen molar-refractivity contribution in [1.29, 1.82) is 0 Å². The Morgan fingerprint density at radius 2 is 1.86 bits per heavy atom. The summed E-state index contributed by atoms with van der Waals surface area (Å²) in [4.78, 5) is 15.9. The fraction of sp³-hybridized carbons (Fsp3) is 0.0667. The number of pyridine rings is 1. The van der Waals surface area contributed by atoms with Crippen molar-refractivity contribution in [2.45, 2.75) is 4.90 Å². The molecule has 0 saturated carbocycles. The number of amides is 1. The average Bonchev–Trinajstić information content (AvgIpc) is 2.46. The molecule has 0 bridgehead atoms. The Balaban J connectivity index is 2.02. The highest BCUT2D eigenvalue weighted by atomic mass is 32.2. The maximum atomic E-state index is 11.7. The Hall–Kier alpha value is -2.47. The first-order chi connectivity index (χ1) is 9.95. The van der Waals surface area contributed by atoms with Gasteiger partial charge in [0.1, 0.15) is 5.82 Å². The maximum Gasteiger partial charge on any atom is 0.249 e. The number of nitrogens with one attached hydrogen (secondary N) is 1. The van der Waals surface area contributed by atoms with E-state index >= 15 is 0 Å². The summed E-state index contributed by atoms with van der Waals surface area (Å²) in [6.45, 7) is 0. The number of benzene rings is 1. The van der Waals surface area contributed by atoms with Crippen LogP contribution in [0.4, 0.5) is 5.82 Å². The lowest BCUT2D eigenvalue weighted by molar-refractivity contribution is -0.111. The van der Waals surface area contributed by atoms with E-state index in [1.807, 2.05) is 0 Å². The SMILES string of the molecule is CS(=O)(=O)c1ccc(C=CC(=O)Nc2ccccn2)cc1. The van der Waals surface area contributed by atoms with Crippen molar-refractivity contribution in [2.24, 2.45) is 0 Å². The van der Waals surface area contributed by atoms with E-state index in [2.05, 4.69) is 10.3 Å². The molecule has 0 aliphatic rings. The molecule has 1 aromatic carbocycles. The normalized spacial score (nSPS) is 11.5. The minimum absolute atomic E-state index is 0.248. The van der Waals surface area contributed by atoms with E-state index in [9.17, 15) is 13.2 Å². The van der Waals surface area contributed by atoms with Crippen LogP contribution in [0.25, 0.3) is 6.08 Å². The molecule has 1 heterocycles. The molecule has 0 atom stereocenters. The van der Waals surface area contributed by atoms with Gasteiger partial charge in [0, 0.05) is 18.5 Å². The first-order valence-corrected chi connectivity index (χ1v) is 8.04. The zero-order valence-corrected chi connectivity index (χ0v) is 12.2. The lowest BCUT2D eigenvalue weighted by atomic mass is 10.2. The van der Waals surface area contributed by atoms with Crippen LogP contribution in [0, 0.1) is 0 Å². The van der Waals surface area contributed by atoms with E-state index in [4.69, 9.17) is 0 Å². The summed E-state index contributed by atoms with van der Waals surface area (Å²) in [7, 11) is -3.20. The third-order valence-corrected chi connectivity index (χ3v) is 3.78. The standard InChI is InChI=1S/C15H14N2O3S/c1-21(19,20)13-8-5-12(6-9-13)7-10-15(18)17-14-4-2-3-11-16-14/h2-11H,1H3,(H,16,17,18). The Morgan fingerprint density at radius 1 is 1.14 bits per heavy atom. The number of rotatable bonds is 4. The summed E-state index contributed by atoms with van der Waals surface area (Å²) in [6.07, 6.45) is 5.70. The van der Waals surface area contributed by atoms with Gasteiger partial charge in [0.25, 0.3) is 0 Å². The maximum absolute atomic E-state index is 11.7. The van der Waals surface area contributed by atoms with Crippen molar-refractivity contribution in [3.63, 3.8) is 0 Å². The second kappa shape index (κ2) is 6.32. The van der Waals surface area contributed by atoms with Gasteiger partial charge in [0.15, 0.2) is 9.84 Å². The largest absolute Gasteiger partial charge is 0.307 e. The molecule has 0 aliphatic carbocycles. The average molecular weight is 302 g/mol. The van der Waals surface area contributed by atoms with Crippen LogP contribution in [0.3, 0.4) is 0 Å². The van der Waals surface area contributed by atoms with Gasteiger partial charge in [-0.05, 0) is 35.9 Å². The van der Waals surface area contributed by atoms with Gasteiger partial charge >= 0.3 is 0 Å². The highest BCUT2D eigenvalue weighted by molar-refractivity contribution is 7.90. The zero-order chi connectivity index (χ0) is 15.3.